The molecule has 4 N–H and O–H groups in total. The number of aliphatic hydroxyl groups excluding tert-OH is 1. The Morgan fingerprint density at radius 3 is 2.61 bits per heavy atom. The average Bonchev–Trinajstić information content (AvgIpc) is 3.21. The lowest BCUT2D eigenvalue weighted by molar-refractivity contribution is -0.127. The molecule has 1 fully saturated rings. The van der Waals surface area contributed by atoms with Crippen LogP contribution in [-0.2, 0) is 4.79 Å². The van der Waals surface area contributed by atoms with Crippen molar-refractivity contribution in [3.63, 3.8) is 0 Å². The van der Waals surface area contributed by atoms with Gasteiger partial charge in [0.05, 0.1) is 18.2 Å². The zero-order valence-corrected chi connectivity index (χ0v) is 10.6. The number of hydrogen-bond donors (Lipinski definition) is 3. The minimum Gasteiger partial charge on any atom is -0.394 e. The van der Waals surface area contributed by atoms with Crippen LogP contribution in [0.1, 0.15) is 31.4 Å². The Balaban J connectivity index is 2.05. The molecule has 0 spiro atoms. The summed E-state index contributed by atoms with van der Waals surface area (Å²) in [6.45, 7) is 1.63. The smallest absolute Gasteiger partial charge is 0.240 e. The first-order valence-corrected chi connectivity index (χ1v) is 6.31. The molecule has 1 saturated carbocycles. The van der Waals surface area contributed by atoms with Gasteiger partial charge in [0.25, 0.3) is 0 Å². The number of amides is 1. The quantitative estimate of drug-likeness (QED) is 0.726. The van der Waals surface area contributed by atoms with Gasteiger partial charge in [-0.1, -0.05) is 30.3 Å². The number of carbonyl (C=O) groups excluding carboxylic acids is 1. The molecule has 1 aromatic carbocycles. The average molecular weight is 248 g/mol. The molecule has 98 valence electrons. The van der Waals surface area contributed by atoms with E-state index in [1.165, 1.54) is 0 Å². The van der Waals surface area contributed by atoms with E-state index >= 15 is 0 Å². The Hall–Kier alpha value is -1.39. The Bertz CT molecular complexity index is 413. The monoisotopic (exact) mass is 248 g/mol. The SMILES string of the molecule is CC(N)(C(=O)N[C@H](CO)c1ccccc1)C1CC1. The fraction of sp³-hybridized carbons (Fsp3) is 0.500. The van der Waals surface area contributed by atoms with Crippen LogP contribution < -0.4 is 11.1 Å². The van der Waals surface area contributed by atoms with Crippen LogP contribution >= 0.6 is 0 Å². The Labute approximate surface area is 107 Å². The molecule has 0 heterocycles. The summed E-state index contributed by atoms with van der Waals surface area (Å²) in [7, 11) is 0. The molecule has 2 atom stereocenters. The summed E-state index contributed by atoms with van der Waals surface area (Å²) in [6, 6.07) is 9.04. The summed E-state index contributed by atoms with van der Waals surface area (Å²) in [5.41, 5.74) is 6.11. The van der Waals surface area contributed by atoms with Crippen LogP contribution in [0.5, 0.6) is 0 Å². The lowest BCUT2D eigenvalue weighted by Gasteiger charge is -2.26. The molecule has 4 heteroatoms. The number of aliphatic hydroxyl groups is 1. The van der Waals surface area contributed by atoms with Gasteiger partial charge in [-0.05, 0) is 31.2 Å². The van der Waals surface area contributed by atoms with E-state index in [9.17, 15) is 9.90 Å². The molecular formula is C14H20N2O2. The zero-order valence-electron chi connectivity index (χ0n) is 10.6. The predicted octanol–water partition coefficient (Wildman–Crippen LogP) is 0.964. The molecule has 0 bridgehead atoms. The summed E-state index contributed by atoms with van der Waals surface area (Å²) < 4.78 is 0. The van der Waals surface area contributed by atoms with Crippen molar-refractivity contribution in [3.05, 3.63) is 35.9 Å². The minimum atomic E-state index is -0.831. The number of hydrogen-bond acceptors (Lipinski definition) is 3. The van der Waals surface area contributed by atoms with Gasteiger partial charge in [-0.3, -0.25) is 4.79 Å². The van der Waals surface area contributed by atoms with Crippen molar-refractivity contribution >= 4 is 5.91 Å². The highest BCUT2D eigenvalue weighted by molar-refractivity contribution is 5.86. The summed E-state index contributed by atoms with van der Waals surface area (Å²) in [6.07, 6.45) is 2.02. The van der Waals surface area contributed by atoms with Crippen molar-refractivity contribution in [2.24, 2.45) is 11.7 Å². The summed E-state index contributed by atoms with van der Waals surface area (Å²) >= 11 is 0. The molecule has 1 aliphatic carbocycles. The highest BCUT2D eigenvalue weighted by Gasteiger charge is 2.44. The van der Waals surface area contributed by atoms with Crippen LogP contribution in [0.4, 0.5) is 0 Å². The van der Waals surface area contributed by atoms with E-state index in [2.05, 4.69) is 5.32 Å². The van der Waals surface area contributed by atoms with E-state index in [1.54, 1.807) is 6.92 Å². The lowest BCUT2D eigenvalue weighted by Crippen LogP contribution is -2.54. The first kappa shape index (κ1) is 13.1. The van der Waals surface area contributed by atoms with Crippen LogP contribution in [-0.4, -0.2) is 23.2 Å². The zero-order chi connectivity index (χ0) is 13.2. The molecule has 2 rings (SSSR count). The molecule has 4 nitrogen and oxygen atoms in total. The van der Waals surface area contributed by atoms with Gasteiger partial charge in [0.2, 0.25) is 5.91 Å². The van der Waals surface area contributed by atoms with Gasteiger partial charge in [0, 0.05) is 0 Å². The number of nitrogens with two attached hydrogens (primary N) is 1. The Morgan fingerprint density at radius 1 is 1.50 bits per heavy atom. The number of carbonyl (C=O) groups is 1. The van der Waals surface area contributed by atoms with Crippen molar-refractivity contribution in [1.29, 1.82) is 0 Å². The first-order valence-electron chi connectivity index (χ1n) is 6.31. The van der Waals surface area contributed by atoms with Crippen LogP contribution in [0.25, 0.3) is 0 Å². The van der Waals surface area contributed by atoms with Gasteiger partial charge in [-0.15, -0.1) is 0 Å². The van der Waals surface area contributed by atoms with E-state index in [4.69, 9.17) is 5.73 Å². The van der Waals surface area contributed by atoms with E-state index in [-0.39, 0.29) is 24.5 Å². The Kier molecular flexibility index (Phi) is 3.68. The molecule has 1 aliphatic rings. The molecule has 1 unspecified atom stereocenters. The molecule has 18 heavy (non-hydrogen) atoms. The third-order valence-electron chi connectivity index (χ3n) is 3.60. The highest BCUT2D eigenvalue weighted by Crippen LogP contribution is 2.38. The molecule has 0 radical (unpaired) electrons. The van der Waals surface area contributed by atoms with E-state index in [0.717, 1.165) is 18.4 Å². The maximum absolute atomic E-state index is 12.1. The fourth-order valence-corrected chi connectivity index (χ4v) is 2.10. The minimum absolute atomic E-state index is 0.128. The summed E-state index contributed by atoms with van der Waals surface area (Å²) in [5.74, 6) is 0.0838. The predicted molar refractivity (Wildman–Crippen MR) is 69.7 cm³/mol. The third kappa shape index (κ3) is 2.71. The van der Waals surface area contributed by atoms with Gasteiger partial charge in [-0.25, -0.2) is 0 Å². The van der Waals surface area contributed by atoms with Crippen molar-refractivity contribution in [2.75, 3.05) is 6.61 Å². The second-order valence-corrected chi connectivity index (χ2v) is 5.18. The van der Waals surface area contributed by atoms with E-state index < -0.39 is 5.54 Å². The second kappa shape index (κ2) is 5.08. The number of benzene rings is 1. The van der Waals surface area contributed by atoms with E-state index in [1.807, 2.05) is 30.3 Å². The molecule has 0 aromatic heterocycles. The van der Waals surface area contributed by atoms with Crippen LogP contribution in [0.3, 0.4) is 0 Å². The fourth-order valence-electron chi connectivity index (χ4n) is 2.10. The van der Waals surface area contributed by atoms with Crippen LogP contribution in [0.15, 0.2) is 30.3 Å². The van der Waals surface area contributed by atoms with Crippen LogP contribution in [0, 0.1) is 5.92 Å². The van der Waals surface area contributed by atoms with Crippen molar-refractivity contribution in [2.45, 2.75) is 31.3 Å². The van der Waals surface area contributed by atoms with Gasteiger partial charge >= 0.3 is 0 Å². The molecule has 0 saturated heterocycles. The van der Waals surface area contributed by atoms with Crippen molar-refractivity contribution in [1.82, 2.24) is 5.32 Å². The molecular weight excluding hydrogens is 228 g/mol. The number of nitrogens with one attached hydrogen (secondary N) is 1. The van der Waals surface area contributed by atoms with E-state index in [0.29, 0.717) is 0 Å². The van der Waals surface area contributed by atoms with Gasteiger partial charge < -0.3 is 16.2 Å². The maximum Gasteiger partial charge on any atom is 0.240 e. The third-order valence-corrected chi connectivity index (χ3v) is 3.60. The van der Waals surface area contributed by atoms with Gasteiger partial charge in [-0.2, -0.15) is 0 Å². The van der Waals surface area contributed by atoms with Crippen molar-refractivity contribution in [3.8, 4) is 0 Å². The lowest BCUT2D eigenvalue weighted by atomic mass is 9.95. The molecule has 0 aliphatic heterocycles. The second-order valence-electron chi connectivity index (χ2n) is 5.18. The Morgan fingerprint density at radius 2 is 2.11 bits per heavy atom. The highest BCUT2D eigenvalue weighted by atomic mass is 16.3. The summed E-state index contributed by atoms with van der Waals surface area (Å²) in [5, 5.41) is 12.2. The molecule has 1 amide bonds. The van der Waals surface area contributed by atoms with Crippen LogP contribution in [0.2, 0.25) is 0 Å². The largest absolute Gasteiger partial charge is 0.394 e. The normalized spacial score (nSPS) is 19.9. The summed E-state index contributed by atoms with van der Waals surface area (Å²) in [4.78, 5) is 12.1. The number of rotatable bonds is 5. The first-order chi connectivity index (χ1) is 8.55. The topological polar surface area (TPSA) is 75.4 Å². The maximum atomic E-state index is 12.1. The standard InChI is InChI=1S/C14H20N2O2/c1-14(15,11-7-8-11)13(18)16-12(9-17)10-5-3-2-4-6-10/h2-6,11-12,17H,7-9,15H2,1H3,(H,16,18)/t12-,14?/m1/s1. The van der Waals surface area contributed by atoms with Gasteiger partial charge in [0.1, 0.15) is 0 Å². The van der Waals surface area contributed by atoms with Crippen molar-refractivity contribution < 1.29 is 9.90 Å². The van der Waals surface area contributed by atoms with Gasteiger partial charge in [0.15, 0.2) is 0 Å². The molecule has 1 aromatic rings.